The molecule has 1 saturated carbocycles. The first-order valence-corrected chi connectivity index (χ1v) is 15.3. The average Bonchev–Trinajstić information content (AvgIpc) is 2.99. The zero-order valence-corrected chi connectivity index (χ0v) is 24.1. The quantitative estimate of drug-likeness (QED) is 0.320. The Morgan fingerprint density at radius 2 is 1.52 bits per heavy atom. The molecule has 3 aromatic carbocycles. The number of nitrogens with zero attached hydrogens (tertiary/aromatic N) is 2. The molecule has 1 fully saturated rings. The standard InChI is InChI=1S/C31H34F3N3O4S/c1-23(30(39)35-26-15-7-3-8-16-26)36(21-24-12-5-2-6-13-24)29(38)22-37(42(40,41)28-18-9-4-10-19-28)27-17-11-14-25(20-27)31(32,33)34/h2,4-6,9-14,17-20,23,26H,3,7-8,15-16,21-22H2,1H3,(H,35,39). The number of amides is 2. The van der Waals surface area contributed by atoms with Gasteiger partial charge in [0.15, 0.2) is 0 Å². The lowest BCUT2D eigenvalue weighted by molar-refractivity contribution is -0.139. The van der Waals surface area contributed by atoms with Crippen LogP contribution in [0.5, 0.6) is 0 Å². The summed E-state index contributed by atoms with van der Waals surface area (Å²) in [5.41, 5.74) is -0.664. The zero-order chi connectivity index (χ0) is 30.3. The van der Waals surface area contributed by atoms with Gasteiger partial charge in [-0.15, -0.1) is 0 Å². The van der Waals surface area contributed by atoms with Crippen molar-refractivity contribution >= 4 is 27.5 Å². The monoisotopic (exact) mass is 601 g/mol. The maximum absolute atomic E-state index is 13.9. The summed E-state index contributed by atoms with van der Waals surface area (Å²) in [6, 6.07) is 19.0. The second-order valence-electron chi connectivity index (χ2n) is 10.4. The number of alkyl halides is 3. The molecule has 3 aromatic rings. The van der Waals surface area contributed by atoms with Crippen LogP contribution in [0.25, 0.3) is 0 Å². The van der Waals surface area contributed by atoms with Crippen LogP contribution >= 0.6 is 0 Å². The zero-order valence-electron chi connectivity index (χ0n) is 23.3. The molecule has 0 heterocycles. The first-order chi connectivity index (χ1) is 20.0. The van der Waals surface area contributed by atoms with E-state index in [4.69, 9.17) is 0 Å². The molecule has 0 saturated heterocycles. The Balaban J connectivity index is 1.70. The summed E-state index contributed by atoms with van der Waals surface area (Å²) in [6.07, 6.45) is 0.0348. The van der Waals surface area contributed by atoms with Gasteiger partial charge in [0.25, 0.3) is 10.0 Å². The van der Waals surface area contributed by atoms with Crippen LogP contribution in [0.4, 0.5) is 18.9 Å². The van der Waals surface area contributed by atoms with Crippen LogP contribution in [0.1, 0.15) is 50.2 Å². The SMILES string of the molecule is CC(C(=O)NC1CCCCC1)N(Cc1ccccc1)C(=O)CN(c1cccc(C(F)(F)F)c1)S(=O)(=O)c1ccccc1. The molecule has 1 N–H and O–H groups in total. The molecule has 1 atom stereocenters. The summed E-state index contributed by atoms with van der Waals surface area (Å²) in [6.45, 7) is 0.756. The molecule has 1 aliphatic carbocycles. The molecule has 0 bridgehead atoms. The van der Waals surface area contributed by atoms with E-state index in [2.05, 4.69) is 5.32 Å². The second kappa shape index (κ2) is 13.4. The molecule has 2 amide bonds. The third kappa shape index (κ3) is 7.70. The number of benzene rings is 3. The lowest BCUT2D eigenvalue weighted by atomic mass is 9.95. The number of rotatable bonds is 10. The lowest BCUT2D eigenvalue weighted by Crippen LogP contribution is -2.53. The fourth-order valence-corrected chi connectivity index (χ4v) is 6.44. The van der Waals surface area contributed by atoms with E-state index < -0.39 is 40.3 Å². The highest BCUT2D eigenvalue weighted by Gasteiger charge is 2.35. The van der Waals surface area contributed by atoms with Gasteiger partial charge >= 0.3 is 6.18 Å². The summed E-state index contributed by atoms with van der Waals surface area (Å²) in [5.74, 6) is -1.11. The molecule has 0 aliphatic heterocycles. The molecule has 1 unspecified atom stereocenters. The molecular formula is C31H34F3N3O4S. The van der Waals surface area contributed by atoms with E-state index in [1.165, 1.54) is 35.2 Å². The lowest BCUT2D eigenvalue weighted by Gasteiger charge is -2.33. The number of sulfonamides is 1. The van der Waals surface area contributed by atoms with Crippen LogP contribution in [0.2, 0.25) is 0 Å². The molecule has 0 radical (unpaired) electrons. The van der Waals surface area contributed by atoms with Crippen molar-refractivity contribution in [3.63, 3.8) is 0 Å². The van der Waals surface area contributed by atoms with Crippen molar-refractivity contribution in [2.75, 3.05) is 10.8 Å². The van der Waals surface area contributed by atoms with E-state index in [0.717, 1.165) is 44.2 Å². The van der Waals surface area contributed by atoms with Crippen LogP contribution < -0.4 is 9.62 Å². The topological polar surface area (TPSA) is 86.8 Å². The Morgan fingerprint density at radius 3 is 2.14 bits per heavy atom. The third-order valence-electron chi connectivity index (χ3n) is 7.39. The Bertz CT molecular complexity index is 1460. The minimum Gasteiger partial charge on any atom is -0.352 e. The molecule has 0 aromatic heterocycles. The molecule has 1 aliphatic rings. The van der Waals surface area contributed by atoms with Gasteiger partial charge in [-0.25, -0.2) is 8.42 Å². The maximum Gasteiger partial charge on any atom is 0.416 e. The van der Waals surface area contributed by atoms with Gasteiger partial charge in [-0.05, 0) is 55.7 Å². The van der Waals surface area contributed by atoms with Crippen LogP contribution in [-0.4, -0.2) is 43.8 Å². The number of hydrogen-bond acceptors (Lipinski definition) is 4. The Labute approximate surface area is 244 Å². The molecule has 4 rings (SSSR count). The van der Waals surface area contributed by atoms with Crippen molar-refractivity contribution in [3.8, 4) is 0 Å². The highest BCUT2D eigenvalue weighted by Crippen LogP contribution is 2.33. The number of carbonyl (C=O) groups excluding carboxylic acids is 2. The summed E-state index contributed by atoms with van der Waals surface area (Å²) in [4.78, 5) is 28.3. The molecule has 7 nitrogen and oxygen atoms in total. The first kappa shape index (κ1) is 31.1. The normalized spacial score (nSPS) is 15.0. The smallest absolute Gasteiger partial charge is 0.352 e. The van der Waals surface area contributed by atoms with Crippen LogP contribution in [-0.2, 0) is 32.3 Å². The molecule has 0 spiro atoms. The largest absolute Gasteiger partial charge is 0.416 e. The van der Waals surface area contributed by atoms with Gasteiger partial charge in [-0.3, -0.25) is 13.9 Å². The Morgan fingerprint density at radius 1 is 0.905 bits per heavy atom. The fraction of sp³-hybridized carbons (Fsp3) is 0.355. The van der Waals surface area contributed by atoms with Crippen LogP contribution in [0, 0.1) is 0 Å². The van der Waals surface area contributed by atoms with Crippen molar-refractivity contribution in [2.24, 2.45) is 0 Å². The fourth-order valence-electron chi connectivity index (χ4n) is 5.02. The van der Waals surface area contributed by atoms with Crippen LogP contribution in [0.15, 0.2) is 89.8 Å². The first-order valence-electron chi connectivity index (χ1n) is 13.9. The van der Waals surface area contributed by atoms with Gasteiger partial charge < -0.3 is 10.2 Å². The second-order valence-corrected chi connectivity index (χ2v) is 12.3. The van der Waals surface area contributed by atoms with Crippen molar-refractivity contribution in [1.29, 1.82) is 0 Å². The van der Waals surface area contributed by atoms with Gasteiger partial charge in [0.2, 0.25) is 11.8 Å². The van der Waals surface area contributed by atoms with Crippen LogP contribution in [0.3, 0.4) is 0 Å². The summed E-state index contributed by atoms with van der Waals surface area (Å²) < 4.78 is 69.0. The number of anilines is 1. The predicted molar refractivity (Wildman–Crippen MR) is 154 cm³/mol. The number of carbonyl (C=O) groups is 2. The third-order valence-corrected chi connectivity index (χ3v) is 9.17. The highest BCUT2D eigenvalue weighted by atomic mass is 32.2. The average molecular weight is 602 g/mol. The molecule has 11 heteroatoms. The minimum absolute atomic E-state index is 0.000736. The Hall–Kier alpha value is -3.86. The van der Waals surface area contributed by atoms with Crippen molar-refractivity contribution in [3.05, 3.63) is 96.1 Å². The number of hydrogen-bond donors (Lipinski definition) is 1. The van der Waals surface area contributed by atoms with E-state index in [1.54, 1.807) is 43.3 Å². The van der Waals surface area contributed by atoms with Gasteiger partial charge in [0.05, 0.1) is 16.1 Å². The predicted octanol–water partition coefficient (Wildman–Crippen LogP) is 5.77. The highest BCUT2D eigenvalue weighted by molar-refractivity contribution is 7.92. The van der Waals surface area contributed by atoms with E-state index >= 15 is 0 Å². The van der Waals surface area contributed by atoms with Gasteiger partial charge in [0.1, 0.15) is 12.6 Å². The van der Waals surface area contributed by atoms with Crippen molar-refractivity contribution < 1.29 is 31.2 Å². The van der Waals surface area contributed by atoms with Crippen molar-refractivity contribution in [1.82, 2.24) is 10.2 Å². The molecule has 42 heavy (non-hydrogen) atoms. The molecular weight excluding hydrogens is 567 g/mol. The summed E-state index contributed by atoms with van der Waals surface area (Å²) in [7, 11) is -4.47. The summed E-state index contributed by atoms with van der Waals surface area (Å²) in [5, 5.41) is 3.02. The van der Waals surface area contributed by atoms with Gasteiger partial charge in [-0.2, -0.15) is 13.2 Å². The van der Waals surface area contributed by atoms with E-state index in [-0.39, 0.29) is 29.1 Å². The van der Waals surface area contributed by atoms with Crippen molar-refractivity contribution in [2.45, 2.75) is 68.7 Å². The van der Waals surface area contributed by atoms with E-state index in [9.17, 15) is 31.2 Å². The van der Waals surface area contributed by atoms with Gasteiger partial charge in [-0.1, -0.05) is 73.9 Å². The molecule has 224 valence electrons. The van der Waals surface area contributed by atoms with Gasteiger partial charge in [0, 0.05) is 12.6 Å². The van der Waals surface area contributed by atoms with E-state index in [0.29, 0.717) is 15.9 Å². The minimum atomic E-state index is -4.73. The Kier molecular flexibility index (Phi) is 9.93. The number of nitrogens with one attached hydrogen (secondary N) is 1. The summed E-state index contributed by atoms with van der Waals surface area (Å²) >= 11 is 0. The maximum atomic E-state index is 13.9. The van der Waals surface area contributed by atoms with E-state index in [1.807, 2.05) is 0 Å². The number of halogens is 3.